The summed E-state index contributed by atoms with van der Waals surface area (Å²) in [4.78, 5) is 30.5. The number of piperidine rings is 1. The Balaban J connectivity index is 1.69. The number of carbonyl (C=O) groups is 2. The van der Waals surface area contributed by atoms with E-state index in [4.69, 9.17) is 9.47 Å². The Kier molecular flexibility index (Phi) is 4.32. The molecule has 1 amide bonds. The maximum Gasteiger partial charge on any atom is 0.410 e. The predicted octanol–water partition coefficient (Wildman–Crippen LogP) is 3.58. The molecule has 0 unspecified atom stereocenters. The zero-order valence-electron chi connectivity index (χ0n) is 14.1. The number of fused-ring (bicyclic) bond motifs is 1. The fourth-order valence-corrected chi connectivity index (χ4v) is 3.36. The van der Waals surface area contributed by atoms with Gasteiger partial charge in [0.1, 0.15) is 27.2 Å². The molecule has 130 valence electrons. The Morgan fingerprint density at radius 1 is 1.33 bits per heavy atom. The fourth-order valence-electron chi connectivity index (χ4n) is 3.05. The lowest BCUT2D eigenvalue weighted by Crippen LogP contribution is -2.53. The van der Waals surface area contributed by atoms with Crippen molar-refractivity contribution in [3.05, 3.63) is 22.4 Å². The summed E-state index contributed by atoms with van der Waals surface area (Å²) >= 11 is 3.28. The van der Waals surface area contributed by atoms with E-state index in [9.17, 15) is 9.59 Å². The molecule has 1 fully saturated rings. The van der Waals surface area contributed by atoms with Crippen LogP contribution >= 0.6 is 15.9 Å². The molecule has 0 bridgehead atoms. The highest BCUT2D eigenvalue weighted by molar-refractivity contribution is 9.10. The smallest absolute Gasteiger partial charge is 0.410 e. The predicted molar refractivity (Wildman–Crippen MR) is 91.3 cm³/mol. The minimum Gasteiger partial charge on any atom is -0.484 e. The van der Waals surface area contributed by atoms with Gasteiger partial charge in [-0.05, 0) is 48.8 Å². The van der Waals surface area contributed by atoms with E-state index in [2.05, 4.69) is 20.9 Å². The van der Waals surface area contributed by atoms with E-state index in [0.717, 1.165) is 0 Å². The number of ketones is 1. The van der Waals surface area contributed by atoms with Gasteiger partial charge in [-0.25, -0.2) is 9.78 Å². The van der Waals surface area contributed by atoms with Crippen LogP contribution in [0.1, 0.15) is 50.5 Å². The molecule has 0 N–H and O–H groups in total. The summed E-state index contributed by atoms with van der Waals surface area (Å²) in [5, 5.41) is 0. The largest absolute Gasteiger partial charge is 0.484 e. The van der Waals surface area contributed by atoms with Crippen LogP contribution in [0.3, 0.4) is 0 Å². The van der Waals surface area contributed by atoms with Crippen LogP contribution in [0.15, 0.2) is 16.7 Å². The number of amides is 1. The molecular weight excluding hydrogens is 376 g/mol. The van der Waals surface area contributed by atoms with Crippen molar-refractivity contribution in [1.82, 2.24) is 9.88 Å². The first-order valence-corrected chi connectivity index (χ1v) is 8.83. The van der Waals surface area contributed by atoms with Crippen LogP contribution in [-0.2, 0) is 4.74 Å². The number of carbonyl (C=O) groups excluding carboxylic acids is 2. The first kappa shape index (κ1) is 17.2. The lowest BCUT2D eigenvalue weighted by Gasteiger charge is -2.43. The van der Waals surface area contributed by atoms with E-state index >= 15 is 0 Å². The number of halogens is 1. The van der Waals surface area contributed by atoms with Crippen molar-refractivity contribution < 1.29 is 19.1 Å². The molecule has 3 heterocycles. The Labute approximate surface area is 149 Å². The second-order valence-electron chi connectivity index (χ2n) is 7.33. The third kappa shape index (κ3) is 3.55. The fraction of sp³-hybridized carbons (Fsp3) is 0.588. The van der Waals surface area contributed by atoms with E-state index in [1.165, 1.54) is 0 Å². The van der Waals surface area contributed by atoms with Gasteiger partial charge < -0.3 is 14.4 Å². The number of nitrogens with zero attached hydrogens (tertiary/aromatic N) is 2. The third-order valence-electron chi connectivity index (χ3n) is 4.22. The Bertz CT molecular complexity index is 676. The molecule has 1 aromatic heterocycles. The molecule has 7 heteroatoms. The normalized spacial score (nSPS) is 19.7. The summed E-state index contributed by atoms with van der Waals surface area (Å²) in [5.41, 5.74) is -0.677. The molecule has 0 radical (unpaired) electrons. The number of hydrogen-bond donors (Lipinski definition) is 0. The van der Waals surface area contributed by atoms with Gasteiger partial charge in [0.15, 0.2) is 5.78 Å². The van der Waals surface area contributed by atoms with Crippen molar-refractivity contribution in [1.29, 1.82) is 0 Å². The molecule has 2 aliphatic heterocycles. The standard InChI is InChI=1S/C17H21BrN2O4/c1-16(2,3)24-15(22)20-8-6-17(7-9-20)10-11(21)14-12(23-17)4-5-13(18)19-14/h4-5H,6-10H2,1-3H3. The molecule has 0 atom stereocenters. The van der Waals surface area contributed by atoms with Crippen molar-refractivity contribution in [2.45, 2.75) is 51.2 Å². The zero-order chi connectivity index (χ0) is 17.5. The molecule has 1 aromatic rings. The average Bonchev–Trinajstić information content (AvgIpc) is 2.47. The van der Waals surface area contributed by atoms with Crippen LogP contribution in [0.4, 0.5) is 4.79 Å². The summed E-state index contributed by atoms with van der Waals surface area (Å²) in [7, 11) is 0. The second-order valence-corrected chi connectivity index (χ2v) is 8.15. The van der Waals surface area contributed by atoms with E-state index in [-0.39, 0.29) is 11.9 Å². The van der Waals surface area contributed by atoms with Crippen LogP contribution in [0, 0.1) is 0 Å². The van der Waals surface area contributed by atoms with Gasteiger partial charge >= 0.3 is 6.09 Å². The minimum absolute atomic E-state index is 0.0109. The molecule has 3 rings (SSSR count). The molecule has 2 aliphatic rings. The number of pyridine rings is 1. The van der Waals surface area contributed by atoms with Gasteiger partial charge in [0.25, 0.3) is 0 Å². The Morgan fingerprint density at radius 3 is 2.62 bits per heavy atom. The van der Waals surface area contributed by atoms with E-state index in [1.54, 1.807) is 17.0 Å². The van der Waals surface area contributed by atoms with Crippen molar-refractivity contribution in [2.24, 2.45) is 0 Å². The molecular formula is C17H21BrN2O4. The highest BCUT2D eigenvalue weighted by Gasteiger charge is 2.44. The number of hydrogen-bond acceptors (Lipinski definition) is 5. The third-order valence-corrected chi connectivity index (χ3v) is 4.67. The summed E-state index contributed by atoms with van der Waals surface area (Å²) in [5.74, 6) is 0.517. The van der Waals surface area contributed by atoms with Crippen LogP contribution in [0.25, 0.3) is 0 Å². The minimum atomic E-state index is -0.544. The van der Waals surface area contributed by atoms with Gasteiger partial charge in [-0.3, -0.25) is 4.79 Å². The van der Waals surface area contributed by atoms with Crippen LogP contribution in [0.2, 0.25) is 0 Å². The van der Waals surface area contributed by atoms with Gasteiger partial charge in [0.05, 0.1) is 6.42 Å². The van der Waals surface area contributed by atoms with Gasteiger partial charge in [-0.2, -0.15) is 0 Å². The van der Waals surface area contributed by atoms with Crippen molar-refractivity contribution in [3.8, 4) is 5.75 Å². The lowest BCUT2D eigenvalue weighted by molar-refractivity contribution is -0.0230. The van der Waals surface area contributed by atoms with Gasteiger partial charge in [0.2, 0.25) is 0 Å². The van der Waals surface area contributed by atoms with Crippen molar-refractivity contribution in [2.75, 3.05) is 13.1 Å². The maximum absolute atomic E-state index is 12.4. The zero-order valence-corrected chi connectivity index (χ0v) is 15.7. The van der Waals surface area contributed by atoms with Crippen molar-refractivity contribution >= 4 is 27.8 Å². The van der Waals surface area contributed by atoms with Crippen LogP contribution < -0.4 is 4.74 Å². The lowest BCUT2D eigenvalue weighted by atomic mass is 9.83. The number of ether oxygens (including phenoxy) is 2. The van der Waals surface area contributed by atoms with E-state index in [1.807, 2.05) is 20.8 Å². The highest BCUT2D eigenvalue weighted by atomic mass is 79.9. The van der Waals surface area contributed by atoms with Crippen LogP contribution in [-0.4, -0.2) is 46.1 Å². The quantitative estimate of drug-likeness (QED) is 0.626. The van der Waals surface area contributed by atoms with Gasteiger partial charge in [0, 0.05) is 25.9 Å². The summed E-state index contributed by atoms with van der Waals surface area (Å²) in [6, 6.07) is 3.53. The van der Waals surface area contributed by atoms with Crippen molar-refractivity contribution in [3.63, 3.8) is 0 Å². The number of likely N-dealkylation sites (tertiary alicyclic amines) is 1. The molecule has 1 saturated heterocycles. The van der Waals surface area contributed by atoms with E-state index < -0.39 is 11.2 Å². The Morgan fingerprint density at radius 2 is 2.00 bits per heavy atom. The molecule has 0 aromatic carbocycles. The van der Waals surface area contributed by atoms with Crippen LogP contribution in [0.5, 0.6) is 5.75 Å². The summed E-state index contributed by atoms with van der Waals surface area (Å²) < 4.78 is 12.2. The van der Waals surface area contributed by atoms with Gasteiger partial charge in [-0.15, -0.1) is 0 Å². The average molecular weight is 397 g/mol. The monoisotopic (exact) mass is 396 g/mol. The molecule has 0 saturated carbocycles. The summed E-state index contributed by atoms with van der Waals surface area (Å²) in [6.45, 7) is 6.58. The second kappa shape index (κ2) is 6.02. The topological polar surface area (TPSA) is 68.7 Å². The van der Waals surface area contributed by atoms with E-state index in [0.29, 0.717) is 48.4 Å². The molecule has 24 heavy (non-hydrogen) atoms. The highest BCUT2D eigenvalue weighted by Crippen LogP contribution is 2.39. The SMILES string of the molecule is CC(C)(C)OC(=O)N1CCC2(CC1)CC(=O)c1nc(Br)ccc1O2. The molecule has 0 aliphatic carbocycles. The number of rotatable bonds is 0. The Hall–Kier alpha value is -1.63. The first-order valence-electron chi connectivity index (χ1n) is 8.04. The summed E-state index contributed by atoms with van der Waals surface area (Å²) in [6.07, 6.45) is 1.19. The molecule has 1 spiro atoms. The maximum atomic E-state index is 12.4. The number of aromatic nitrogens is 1. The molecule has 6 nitrogen and oxygen atoms in total. The first-order chi connectivity index (χ1) is 11.2. The number of Topliss-reactive ketones (excluding diaryl/α,β-unsaturated/α-hetero) is 1. The van der Waals surface area contributed by atoms with Gasteiger partial charge in [-0.1, -0.05) is 0 Å².